The highest BCUT2D eigenvalue weighted by atomic mass is 16.6. The molecule has 0 atom stereocenters. The zero-order valence-electron chi connectivity index (χ0n) is 15.1. The molecule has 0 saturated carbocycles. The van der Waals surface area contributed by atoms with Gasteiger partial charge in [0.1, 0.15) is 17.0 Å². The van der Waals surface area contributed by atoms with E-state index in [0.29, 0.717) is 0 Å². The van der Waals surface area contributed by atoms with Crippen LogP contribution < -0.4 is 16.6 Å². The molecule has 8 nitrogen and oxygen atoms in total. The number of aromatic nitrogens is 2. The van der Waals surface area contributed by atoms with Gasteiger partial charge in [-0.2, -0.15) is 0 Å². The Bertz CT molecular complexity index is 936. The van der Waals surface area contributed by atoms with Crippen molar-refractivity contribution in [2.75, 3.05) is 5.32 Å². The first-order chi connectivity index (χ1) is 12.1. The van der Waals surface area contributed by atoms with Gasteiger partial charge in [-0.15, -0.1) is 0 Å². The van der Waals surface area contributed by atoms with Gasteiger partial charge in [-0.3, -0.25) is 24.5 Å². The van der Waals surface area contributed by atoms with Crippen molar-refractivity contribution in [3.63, 3.8) is 0 Å². The van der Waals surface area contributed by atoms with E-state index in [1.165, 1.54) is 6.92 Å². The number of H-pyrrole nitrogens is 1. The first kappa shape index (κ1) is 19.2. The molecule has 0 saturated heterocycles. The van der Waals surface area contributed by atoms with Crippen molar-refractivity contribution in [3.8, 4) is 0 Å². The van der Waals surface area contributed by atoms with Crippen molar-refractivity contribution in [2.45, 2.75) is 39.8 Å². The number of benzene rings is 1. The second-order valence-corrected chi connectivity index (χ2v) is 6.74. The van der Waals surface area contributed by atoms with Crippen molar-refractivity contribution in [2.24, 2.45) is 0 Å². The lowest BCUT2D eigenvalue weighted by molar-refractivity contribution is 0.0634. The molecular weight excluding hydrogens is 338 g/mol. The lowest BCUT2D eigenvalue weighted by atomic mass is 10.2. The van der Waals surface area contributed by atoms with E-state index in [1.54, 1.807) is 45.0 Å². The Balaban J connectivity index is 2.57. The van der Waals surface area contributed by atoms with Gasteiger partial charge in [0.15, 0.2) is 5.78 Å². The van der Waals surface area contributed by atoms with E-state index in [9.17, 15) is 19.2 Å². The molecule has 26 heavy (non-hydrogen) atoms. The quantitative estimate of drug-likeness (QED) is 0.813. The van der Waals surface area contributed by atoms with Crippen LogP contribution in [0.4, 0.5) is 10.6 Å². The minimum absolute atomic E-state index is 0.0574. The second kappa shape index (κ2) is 7.38. The molecule has 0 aliphatic rings. The average molecular weight is 359 g/mol. The minimum Gasteiger partial charge on any atom is -0.444 e. The van der Waals surface area contributed by atoms with E-state index < -0.39 is 28.7 Å². The van der Waals surface area contributed by atoms with Crippen LogP contribution >= 0.6 is 0 Å². The summed E-state index contributed by atoms with van der Waals surface area (Å²) in [5.41, 5.74) is -1.95. The number of hydrogen-bond acceptors (Lipinski definition) is 5. The Labute approximate surface area is 149 Å². The number of hydrogen-bond donors (Lipinski definition) is 2. The highest BCUT2D eigenvalue weighted by Crippen LogP contribution is 2.15. The van der Waals surface area contributed by atoms with Crippen LogP contribution in [0.2, 0.25) is 0 Å². The summed E-state index contributed by atoms with van der Waals surface area (Å²) in [7, 11) is 0. The maximum Gasteiger partial charge on any atom is 0.413 e. The maximum absolute atomic E-state index is 12.3. The highest BCUT2D eigenvalue weighted by molar-refractivity contribution is 6.01. The van der Waals surface area contributed by atoms with Gasteiger partial charge in [0.25, 0.3) is 5.56 Å². The maximum atomic E-state index is 12.3. The van der Waals surface area contributed by atoms with E-state index in [0.717, 1.165) is 10.1 Å². The largest absolute Gasteiger partial charge is 0.444 e. The summed E-state index contributed by atoms with van der Waals surface area (Å²) in [5, 5.41) is 2.38. The van der Waals surface area contributed by atoms with Gasteiger partial charge in [0.05, 0.1) is 6.54 Å². The van der Waals surface area contributed by atoms with Crippen molar-refractivity contribution >= 4 is 17.7 Å². The molecule has 1 amide bonds. The number of amides is 1. The molecule has 0 spiro atoms. The van der Waals surface area contributed by atoms with Crippen LogP contribution in [0.5, 0.6) is 0 Å². The van der Waals surface area contributed by atoms with E-state index in [2.05, 4.69) is 10.3 Å². The first-order valence-corrected chi connectivity index (χ1v) is 8.00. The molecule has 0 fully saturated rings. The Morgan fingerprint density at radius 1 is 1.15 bits per heavy atom. The van der Waals surface area contributed by atoms with E-state index in [4.69, 9.17) is 4.74 Å². The van der Waals surface area contributed by atoms with Gasteiger partial charge >= 0.3 is 11.8 Å². The van der Waals surface area contributed by atoms with Crippen LogP contribution in [-0.2, 0) is 11.3 Å². The Morgan fingerprint density at radius 2 is 1.77 bits per heavy atom. The molecule has 0 radical (unpaired) electrons. The fraction of sp³-hybridized carbons (Fsp3) is 0.333. The molecule has 0 aliphatic carbocycles. The Hall–Kier alpha value is -3.16. The summed E-state index contributed by atoms with van der Waals surface area (Å²) in [6.45, 7) is 6.26. The molecule has 2 N–H and O–H groups in total. The molecule has 2 rings (SSSR count). The third kappa shape index (κ3) is 4.69. The predicted octanol–water partition coefficient (Wildman–Crippen LogP) is 2.13. The molecule has 0 unspecified atom stereocenters. The fourth-order valence-corrected chi connectivity index (χ4v) is 2.34. The summed E-state index contributed by atoms with van der Waals surface area (Å²) in [6.07, 6.45) is -0.869. The van der Waals surface area contributed by atoms with Crippen molar-refractivity contribution in [1.29, 1.82) is 0 Å². The molecular formula is C18H21N3O5. The number of Topliss-reactive ketones (excluding diaryl/α,β-unsaturated/α-hetero) is 1. The number of carbonyl (C=O) groups is 2. The van der Waals surface area contributed by atoms with Gasteiger partial charge in [-0.25, -0.2) is 9.59 Å². The summed E-state index contributed by atoms with van der Waals surface area (Å²) in [6, 6.07) is 8.96. The van der Waals surface area contributed by atoms with Crippen LogP contribution in [0.3, 0.4) is 0 Å². The molecule has 1 heterocycles. The van der Waals surface area contributed by atoms with Crippen LogP contribution in [0.15, 0.2) is 39.9 Å². The topological polar surface area (TPSA) is 110 Å². The van der Waals surface area contributed by atoms with E-state index in [1.807, 2.05) is 6.07 Å². The number of ether oxygens (including phenoxy) is 1. The molecule has 1 aromatic carbocycles. The van der Waals surface area contributed by atoms with Gasteiger partial charge in [-0.05, 0) is 33.3 Å². The number of nitrogens with zero attached hydrogens (tertiary/aromatic N) is 1. The smallest absolute Gasteiger partial charge is 0.413 e. The predicted molar refractivity (Wildman–Crippen MR) is 96.7 cm³/mol. The van der Waals surface area contributed by atoms with Crippen LogP contribution in [0.25, 0.3) is 0 Å². The van der Waals surface area contributed by atoms with Gasteiger partial charge in [0, 0.05) is 0 Å². The zero-order chi connectivity index (χ0) is 19.5. The summed E-state index contributed by atoms with van der Waals surface area (Å²) in [5.74, 6) is -0.775. The molecule has 1 aromatic heterocycles. The summed E-state index contributed by atoms with van der Waals surface area (Å²) < 4.78 is 6.29. The third-order valence-electron chi connectivity index (χ3n) is 3.35. The fourth-order valence-electron chi connectivity index (χ4n) is 2.34. The standard InChI is InChI=1S/C18H21N3O5/c1-11(22)13-14(19-17(25)26-18(2,3)4)21(16(24)20-15(13)23)10-12-8-6-5-7-9-12/h5-9H,10H2,1-4H3,(H,19,25)(H,20,23,24). The number of carbonyl (C=O) groups excluding carboxylic acids is 2. The monoisotopic (exact) mass is 359 g/mol. The molecule has 2 aromatic rings. The molecule has 0 aliphatic heterocycles. The van der Waals surface area contributed by atoms with Gasteiger partial charge < -0.3 is 4.74 Å². The lowest BCUT2D eigenvalue weighted by Gasteiger charge is -2.21. The molecule has 8 heteroatoms. The third-order valence-corrected chi connectivity index (χ3v) is 3.35. The normalized spacial score (nSPS) is 11.1. The molecule has 138 valence electrons. The first-order valence-electron chi connectivity index (χ1n) is 8.00. The van der Waals surface area contributed by atoms with Crippen molar-refractivity contribution < 1.29 is 14.3 Å². The summed E-state index contributed by atoms with van der Waals surface area (Å²) >= 11 is 0. The van der Waals surface area contributed by atoms with Gasteiger partial charge in [-0.1, -0.05) is 30.3 Å². The van der Waals surface area contributed by atoms with Crippen molar-refractivity contribution in [3.05, 3.63) is 62.3 Å². The summed E-state index contributed by atoms with van der Waals surface area (Å²) in [4.78, 5) is 50.6. The van der Waals surface area contributed by atoms with Gasteiger partial charge in [0.2, 0.25) is 0 Å². The Kier molecular flexibility index (Phi) is 5.44. The lowest BCUT2D eigenvalue weighted by Crippen LogP contribution is -2.38. The SMILES string of the molecule is CC(=O)c1c(NC(=O)OC(C)(C)C)n(Cc2ccccc2)c(=O)[nH]c1=O. The van der Waals surface area contributed by atoms with Crippen LogP contribution in [0.1, 0.15) is 43.6 Å². The zero-order valence-corrected chi connectivity index (χ0v) is 15.1. The minimum atomic E-state index is -0.869. The number of anilines is 1. The molecule has 0 bridgehead atoms. The van der Waals surface area contributed by atoms with Crippen LogP contribution in [0, 0.1) is 0 Å². The second-order valence-electron chi connectivity index (χ2n) is 6.74. The number of nitrogens with one attached hydrogen (secondary N) is 2. The number of ketones is 1. The van der Waals surface area contributed by atoms with E-state index in [-0.39, 0.29) is 17.9 Å². The number of rotatable bonds is 4. The van der Waals surface area contributed by atoms with Crippen LogP contribution in [-0.4, -0.2) is 27.0 Å². The Morgan fingerprint density at radius 3 is 2.31 bits per heavy atom. The number of aromatic amines is 1. The average Bonchev–Trinajstić information content (AvgIpc) is 2.49. The highest BCUT2D eigenvalue weighted by Gasteiger charge is 2.23. The van der Waals surface area contributed by atoms with Crippen molar-refractivity contribution in [1.82, 2.24) is 9.55 Å². The van der Waals surface area contributed by atoms with E-state index >= 15 is 0 Å².